The van der Waals surface area contributed by atoms with Crippen molar-refractivity contribution in [2.45, 2.75) is 0 Å². The largest absolute Gasteiger partial charge is 0.435 e. The van der Waals surface area contributed by atoms with Gasteiger partial charge in [-0.15, -0.1) is 0 Å². The second-order valence-electron chi connectivity index (χ2n) is 4.31. The summed E-state index contributed by atoms with van der Waals surface area (Å²) in [6, 6.07) is 8.74. The van der Waals surface area contributed by atoms with Crippen molar-refractivity contribution < 1.29 is 4.74 Å². The number of aryl methyl sites for hydroxylation is 1. The van der Waals surface area contributed by atoms with Crippen LogP contribution in [-0.4, -0.2) is 14.5 Å². The fourth-order valence-corrected chi connectivity index (χ4v) is 1.93. The molecule has 0 radical (unpaired) electrons. The number of nitrogen functional groups attached to an aromatic ring is 1. The highest BCUT2D eigenvalue weighted by Crippen LogP contribution is 2.30. The standard InChI is InChI=1S/C14H11N5O/c1-19-8-18-13-11(19)4-5-17-14(13)20-12-3-2-9(7-15)6-10(12)16/h2-6,8H,16H2,1H3. The average Bonchev–Trinajstić information content (AvgIpc) is 2.84. The lowest BCUT2D eigenvalue weighted by atomic mass is 10.2. The van der Waals surface area contributed by atoms with E-state index < -0.39 is 0 Å². The molecule has 6 heteroatoms. The number of benzene rings is 1. The molecular formula is C14H11N5O. The number of hydrogen-bond acceptors (Lipinski definition) is 5. The molecule has 3 rings (SSSR count). The van der Waals surface area contributed by atoms with E-state index in [4.69, 9.17) is 15.7 Å². The van der Waals surface area contributed by atoms with E-state index in [2.05, 4.69) is 9.97 Å². The minimum atomic E-state index is 0.388. The highest BCUT2D eigenvalue weighted by Gasteiger charge is 2.11. The second kappa shape index (κ2) is 4.55. The summed E-state index contributed by atoms with van der Waals surface area (Å²) in [5.41, 5.74) is 8.32. The molecule has 0 saturated heterocycles. The van der Waals surface area contributed by atoms with Crippen LogP contribution in [0.3, 0.4) is 0 Å². The van der Waals surface area contributed by atoms with Crippen LogP contribution in [0.25, 0.3) is 11.0 Å². The molecule has 6 nitrogen and oxygen atoms in total. The number of ether oxygens (including phenoxy) is 1. The summed E-state index contributed by atoms with van der Waals surface area (Å²) >= 11 is 0. The maximum Gasteiger partial charge on any atom is 0.247 e. The quantitative estimate of drug-likeness (QED) is 0.717. The van der Waals surface area contributed by atoms with Gasteiger partial charge in [-0.25, -0.2) is 9.97 Å². The number of pyridine rings is 1. The van der Waals surface area contributed by atoms with Gasteiger partial charge in [0.15, 0.2) is 11.3 Å². The van der Waals surface area contributed by atoms with Gasteiger partial charge in [-0.2, -0.15) is 5.26 Å². The summed E-state index contributed by atoms with van der Waals surface area (Å²) in [7, 11) is 1.90. The number of nitrogens with two attached hydrogens (primary N) is 1. The van der Waals surface area contributed by atoms with Gasteiger partial charge in [0.1, 0.15) is 0 Å². The summed E-state index contributed by atoms with van der Waals surface area (Å²) in [6.45, 7) is 0. The van der Waals surface area contributed by atoms with Gasteiger partial charge in [-0.1, -0.05) is 0 Å². The van der Waals surface area contributed by atoms with Crippen LogP contribution in [-0.2, 0) is 7.05 Å². The molecule has 0 unspecified atom stereocenters. The minimum Gasteiger partial charge on any atom is -0.435 e. The Hall–Kier alpha value is -3.07. The van der Waals surface area contributed by atoms with Crippen LogP contribution >= 0.6 is 0 Å². The van der Waals surface area contributed by atoms with Crippen LogP contribution in [0.2, 0.25) is 0 Å². The number of hydrogen-bond donors (Lipinski definition) is 1. The van der Waals surface area contributed by atoms with E-state index in [-0.39, 0.29) is 0 Å². The van der Waals surface area contributed by atoms with Gasteiger partial charge < -0.3 is 15.0 Å². The van der Waals surface area contributed by atoms with E-state index in [1.807, 2.05) is 23.8 Å². The maximum atomic E-state index is 8.82. The van der Waals surface area contributed by atoms with Gasteiger partial charge in [0.2, 0.25) is 5.88 Å². The van der Waals surface area contributed by atoms with Gasteiger partial charge in [0.05, 0.1) is 29.2 Å². The second-order valence-corrected chi connectivity index (χ2v) is 4.31. The molecule has 2 heterocycles. The first-order valence-corrected chi connectivity index (χ1v) is 5.92. The number of rotatable bonds is 2. The third-order valence-corrected chi connectivity index (χ3v) is 2.95. The van der Waals surface area contributed by atoms with Crippen LogP contribution < -0.4 is 10.5 Å². The van der Waals surface area contributed by atoms with Crippen molar-refractivity contribution in [1.29, 1.82) is 5.26 Å². The van der Waals surface area contributed by atoms with Crippen molar-refractivity contribution in [2.24, 2.45) is 7.05 Å². The molecule has 0 atom stereocenters. The van der Waals surface area contributed by atoms with Crippen molar-refractivity contribution in [3.05, 3.63) is 42.4 Å². The van der Waals surface area contributed by atoms with Crippen LogP contribution in [0.1, 0.15) is 5.56 Å². The Morgan fingerprint density at radius 1 is 1.30 bits per heavy atom. The number of nitrogens with zero attached hydrogens (tertiary/aromatic N) is 4. The summed E-state index contributed by atoms with van der Waals surface area (Å²) < 4.78 is 7.59. The van der Waals surface area contributed by atoms with E-state index in [0.717, 1.165) is 5.52 Å². The van der Waals surface area contributed by atoms with Crippen LogP contribution in [0.5, 0.6) is 11.6 Å². The molecule has 0 spiro atoms. The Labute approximate surface area is 115 Å². The van der Waals surface area contributed by atoms with Gasteiger partial charge in [-0.3, -0.25) is 0 Å². The summed E-state index contributed by atoms with van der Waals surface area (Å²) in [6.07, 6.45) is 3.35. The molecule has 0 fully saturated rings. The minimum absolute atomic E-state index is 0.388. The Morgan fingerprint density at radius 3 is 2.90 bits per heavy atom. The van der Waals surface area contributed by atoms with Crippen LogP contribution in [0, 0.1) is 11.3 Å². The fourth-order valence-electron chi connectivity index (χ4n) is 1.93. The van der Waals surface area contributed by atoms with Crippen molar-refractivity contribution in [3.63, 3.8) is 0 Å². The molecule has 2 N–H and O–H groups in total. The maximum absolute atomic E-state index is 8.82. The van der Waals surface area contributed by atoms with E-state index >= 15 is 0 Å². The van der Waals surface area contributed by atoms with Gasteiger partial charge >= 0.3 is 0 Å². The summed E-state index contributed by atoms with van der Waals surface area (Å²) in [5, 5.41) is 8.82. The van der Waals surface area contributed by atoms with Gasteiger partial charge in [-0.05, 0) is 24.3 Å². The zero-order valence-corrected chi connectivity index (χ0v) is 10.7. The zero-order chi connectivity index (χ0) is 14.1. The molecule has 98 valence electrons. The first kappa shape index (κ1) is 12.0. The van der Waals surface area contributed by atoms with Gasteiger partial charge in [0, 0.05) is 13.2 Å². The zero-order valence-electron chi connectivity index (χ0n) is 10.7. The lowest BCUT2D eigenvalue weighted by Gasteiger charge is -2.08. The van der Waals surface area contributed by atoms with Crippen molar-refractivity contribution in [2.75, 3.05) is 5.73 Å². The predicted molar refractivity (Wildman–Crippen MR) is 74.2 cm³/mol. The van der Waals surface area contributed by atoms with Crippen LogP contribution in [0.4, 0.5) is 5.69 Å². The third-order valence-electron chi connectivity index (χ3n) is 2.95. The summed E-state index contributed by atoms with van der Waals surface area (Å²) in [4.78, 5) is 8.44. The first-order chi connectivity index (χ1) is 9.69. The van der Waals surface area contributed by atoms with Gasteiger partial charge in [0.25, 0.3) is 0 Å². The molecule has 0 amide bonds. The number of fused-ring (bicyclic) bond motifs is 1. The Balaban J connectivity index is 2.04. The summed E-state index contributed by atoms with van der Waals surface area (Å²) in [5.74, 6) is 0.842. The first-order valence-electron chi connectivity index (χ1n) is 5.92. The molecule has 1 aromatic carbocycles. The average molecular weight is 265 g/mol. The van der Waals surface area contributed by atoms with E-state index in [1.165, 1.54) is 0 Å². The number of anilines is 1. The SMILES string of the molecule is Cn1cnc2c(Oc3ccc(C#N)cc3N)nccc21. The molecule has 0 bridgehead atoms. The number of imidazole rings is 1. The monoisotopic (exact) mass is 265 g/mol. The molecule has 0 saturated carbocycles. The van der Waals surface area contributed by atoms with Crippen molar-refractivity contribution >= 4 is 16.7 Å². The highest BCUT2D eigenvalue weighted by molar-refractivity contribution is 5.80. The molecule has 0 aliphatic heterocycles. The lowest BCUT2D eigenvalue weighted by Crippen LogP contribution is -1.95. The Bertz CT molecular complexity index is 831. The molecule has 0 aliphatic carbocycles. The van der Waals surface area contributed by atoms with E-state index in [9.17, 15) is 0 Å². The lowest BCUT2D eigenvalue weighted by molar-refractivity contribution is 0.470. The Morgan fingerprint density at radius 2 is 2.15 bits per heavy atom. The highest BCUT2D eigenvalue weighted by atomic mass is 16.5. The predicted octanol–water partition coefficient (Wildman–Crippen LogP) is 2.21. The topological polar surface area (TPSA) is 89.8 Å². The normalized spacial score (nSPS) is 10.4. The molecular weight excluding hydrogens is 254 g/mol. The third kappa shape index (κ3) is 1.91. The Kier molecular flexibility index (Phi) is 2.73. The molecule has 0 aliphatic rings. The van der Waals surface area contributed by atoms with E-state index in [1.54, 1.807) is 30.7 Å². The molecule has 2 aromatic heterocycles. The molecule has 3 aromatic rings. The van der Waals surface area contributed by atoms with E-state index in [0.29, 0.717) is 28.4 Å². The number of nitriles is 1. The van der Waals surface area contributed by atoms with Crippen molar-refractivity contribution in [3.8, 4) is 17.7 Å². The molecule has 20 heavy (non-hydrogen) atoms. The fraction of sp³-hybridized carbons (Fsp3) is 0.0714. The smallest absolute Gasteiger partial charge is 0.247 e. The number of aromatic nitrogens is 3. The van der Waals surface area contributed by atoms with Crippen molar-refractivity contribution in [1.82, 2.24) is 14.5 Å². The van der Waals surface area contributed by atoms with Crippen LogP contribution in [0.15, 0.2) is 36.8 Å².